The number of amides is 1. The van der Waals surface area contributed by atoms with Gasteiger partial charge in [-0.25, -0.2) is 5.43 Å². The lowest BCUT2D eigenvalue weighted by Gasteiger charge is -2.03. The van der Waals surface area contributed by atoms with Crippen LogP contribution in [0.4, 0.5) is 0 Å². The van der Waals surface area contributed by atoms with E-state index in [1.165, 1.54) is 19.4 Å². The number of rotatable bonds is 5. The third-order valence-corrected chi connectivity index (χ3v) is 3.14. The van der Waals surface area contributed by atoms with Crippen molar-refractivity contribution in [2.24, 2.45) is 5.10 Å². The Hall–Kier alpha value is -2.53. The molecule has 22 heavy (non-hydrogen) atoms. The highest BCUT2D eigenvalue weighted by molar-refractivity contribution is 6.30. The topological polar surface area (TPSA) is 70.9 Å². The number of hydrazone groups is 1. The summed E-state index contributed by atoms with van der Waals surface area (Å²) < 4.78 is 4.99. The van der Waals surface area contributed by atoms with Crippen LogP contribution in [-0.2, 0) is 11.2 Å². The number of nitrogens with one attached hydrogen (secondary N) is 1. The van der Waals surface area contributed by atoms with Crippen LogP contribution < -0.4 is 10.2 Å². The molecule has 0 fully saturated rings. The molecule has 5 nitrogen and oxygen atoms in total. The van der Waals surface area contributed by atoms with Crippen LogP contribution >= 0.6 is 11.6 Å². The minimum atomic E-state index is -0.232. The first-order valence-corrected chi connectivity index (χ1v) is 6.89. The van der Waals surface area contributed by atoms with Gasteiger partial charge in [-0.05, 0) is 41.5 Å². The van der Waals surface area contributed by atoms with Crippen molar-refractivity contribution in [3.05, 3.63) is 58.6 Å². The van der Waals surface area contributed by atoms with Gasteiger partial charge in [0.1, 0.15) is 0 Å². The number of carbonyl (C=O) groups excluding carboxylic acids is 1. The monoisotopic (exact) mass is 318 g/mol. The van der Waals surface area contributed by atoms with Crippen molar-refractivity contribution in [1.29, 1.82) is 0 Å². The second kappa shape index (κ2) is 7.47. The lowest BCUT2D eigenvalue weighted by molar-refractivity contribution is -0.120. The minimum Gasteiger partial charge on any atom is -0.504 e. The Bertz CT molecular complexity index is 684. The van der Waals surface area contributed by atoms with Crippen LogP contribution in [0.1, 0.15) is 11.1 Å². The molecule has 0 aliphatic rings. The number of halogens is 1. The summed E-state index contributed by atoms with van der Waals surface area (Å²) in [6.45, 7) is 0. The van der Waals surface area contributed by atoms with E-state index in [1.807, 2.05) is 0 Å². The summed E-state index contributed by atoms with van der Waals surface area (Å²) >= 11 is 5.78. The Morgan fingerprint density at radius 2 is 2.05 bits per heavy atom. The normalized spacial score (nSPS) is 10.6. The minimum absolute atomic E-state index is 0.0476. The van der Waals surface area contributed by atoms with Crippen molar-refractivity contribution in [2.75, 3.05) is 7.11 Å². The fraction of sp³-hybridized carbons (Fsp3) is 0.125. The van der Waals surface area contributed by atoms with Crippen LogP contribution in [0.25, 0.3) is 0 Å². The van der Waals surface area contributed by atoms with Crippen molar-refractivity contribution in [1.82, 2.24) is 5.43 Å². The number of phenols is 1. The highest BCUT2D eigenvalue weighted by atomic mass is 35.5. The number of phenolic OH excluding ortho intramolecular Hbond substituents is 1. The molecule has 0 aliphatic heterocycles. The van der Waals surface area contributed by atoms with Crippen molar-refractivity contribution in [3.63, 3.8) is 0 Å². The molecule has 2 aromatic carbocycles. The Balaban J connectivity index is 1.91. The molecule has 0 heterocycles. The highest BCUT2D eigenvalue weighted by Gasteiger charge is 2.03. The first-order valence-electron chi connectivity index (χ1n) is 6.52. The summed E-state index contributed by atoms with van der Waals surface area (Å²) in [4.78, 5) is 11.7. The predicted octanol–water partition coefficient (Wildman–Crippen LogP) is 2.75. The molecular weight excluding hydrogens is 304 g/mol. The predicted molar refractivity (Wildman–Crippen MR) is 85.6 cm³/mol. The second-order valence-corrected chi connectivity index (χ2v) is 4.96. The Labute approximate surface area is 133 Å². The average Bonchev–Trinajstić information content (AvgIpc) is 2.51. The summed E-state index contributed by atoms with van der Waals surface area (Å²) in [5, 5.41) is 14.0. The van der Waals surface area contributed by atoms with E-state index < -0.39 is 0 Å². The van der Waals surface area contributed by atoms with Gasteiger partial charge in [0.15, 0.2) is 11.5 Å². The lowest BCUT2D eigenvalue weighted by Crippen LogP contribution is -2.19. The molecule has 2 rings (SSSR count). The van der Waals surface area contributed by atoms with Crippen LogP contribution in [0.2, 0.25) is 5.02 Å². The standard InChI is InChI=1S/C16H15ClN2O3/c1-22-15-8-12(4-7-14(15)20)10-18-19-16(21)9-11-2-5-13(17)6-3-11/h2-8,10,20H,9H2,1H3,(H,19,21)/b18-10+. The quantitative estimate of drug-likeness (QED) is 0.658. The molecule has 0 bridgehead atoms. The van der Waals surface area contributed by atoms with Gasteiger partial charge in [0.2, 0.25) is 5.91 Å². The number of aromatic hydroxyl groups is 1. The van der Waals surface area contributed by atoms with E-state index in [4.69, 9.17) is 16.3 Å². The van der Waals surface area contributed by atoms with Crippen LogP contribution in [0.15, 0.2) is 47.6 Å². The van der Waals surface area contributed by atoms with Crippen molar-refractivity contribution in [3.8, 4) is 11.5 Å². The van der Waals surface area contributed by atoms with Crippen LogP contribution in [-0.4, -0.2) is 24.3 Å². The third-order valence-electron chi connectivity index (χ3n) is 2.88. The van der Waals surface area contributed by atoms with E-state index >= 15 is 0 Å². The van der Waals surface area contributed by atoms with Crippen molar-refractivity contribution in [2.45, 2.75) is 6.42 Å². The molecule has 6 heteroatoms. The molecule has 0 saturated carbocycles. The molecule has 0 aromatic heterocycles. The summed E-state index contributed by atoms with van der Waals surface area (Å²) in [6.07, 6.45) is 1.69. The first-order chi connectivity index (χ1) is 10.6. The summed E-state index contributed by atoms with van der Waals surface area (Å²) in [5.41, 5.74) is 3.99. The molecule has 114 valence electrons. The van der Waals surface area contributed by atoms with Crippen LogP contribution in [0.3, 0.4) is 0 Å². The summed E-state index contributed by atoms with van der Waals surface area (Å²) in [7, 11) is 1.46. The van der Waals surface area contributed by atoms with Gasteiger partial charge in [0.05, 0.1) is 19.7 Å². The first kappa shape index (κ1) is 15.9. The van der Waals surface area contributed by atoms with Crippen LogP contribution in [0.5, 0.6) is 11.5 Å². The molecule has 0 saturated heterocycles. The molecule has 0 atom stereocenters. The zero-order valence-electron chi connectivity index (χ0n) is 11.9. The van der Waals surface area contributed by atoms with Gasteiger partial charge in [0, 0.05) is 5.02 Å². The number of benzene rings is 2. The SMILES string of the molecule is COc1cc(/C=N/NC(=O)Cc2ccc(Cl)cc2)ccc1O. The molecule has 2 N–H and O–H groups in total. The second-order valence-electron chi connectivity index (χ2n) is 4.53. The Kier molecular flexibility index (Phi) is 5.38. The van der Waals surface area contributed by atoms with Crippen molar-refractivity contribution >= 4 is 23.7 Å². The lowest BCUT2D eigenvalue weighted by atomic mass is 10.1. The molecular formula is C16H15ClN2O3. The molecule has 0 aliphatic carbocycles. The number of nitrogens with zero attached hydrogens (tertiary/aromatic N) is 1. The van der Waals surface area contributed by atoms with E-state index in [2.05, 4.69) is 10.5 Å². The number of methoxy groups -OCH3 is 1. The molecule has 2 aromatic rings. The zero-order chi connectivity index (χ0) is 15.9. The van der Waals surface area contributed by atoms with Gasteiger partial charge < -0.3 is 9.84 Å². The van der Waals surface area contributed by atoms with E-state index in [-0.39, 0.29) is 18.1 Å². The smallest absolute Gasteiger partial charge is 0.244 e. The number of hydrogen-bond acceptors (Lipinski definition) is 4. The van der Waals surface area contributed by atoms with Gasteiger partial charge in [-0.15, -0.1) is 0 Å². The zero-order valence-corrected chi connectivity index (χ0v) is 12.7. The van der Waals surface area contributed by atoms with Gasteiger partial charge in [-0.2, -0.15) is 5.10 Å². The van der Waals surface area contributed by atoms with E-state index in [9.17, 15) is 9.90 Å². The average molecular weight is 319 g/mol. The van der Waals surface area contributed by atoms with Crippen LogP contribution in [0, 0.1) is 0 Å². The van der Waals surface area contributed by atoms with Gasteiger partial charge in [-0.3, -0.25) is 4.79 Å². The van der Waals surface area contributed by atoms with E-state index in [1.54, 1.807) is 36.4 Å². The maximum atomic E-state index is 11.7. The maximum Gasteiger partial charge on any atom is 0.244 e. The molecule has 0 spiro atoms. The largest absolute Gasteiger partial charge is 0.504 e. The fourth-order valence-electron chi connectivity index (χ4n) is 1.78. The third kappa shape index (κ3) is 4.49. The number of ether oxygens (including phenoxy) is 1. The molecule has 0 unspecified atom stereocenters. The number of carbonyl (C=O) groups is 1. The van der Waals surface area contributed by atoms with E-state index in [0.29, 0.717) is 16.3 Å². The van der Waals surface area contributed by atoms with Gasteiger partial charge >= 0.3 is 0 Å². The highest BCUT2D eigenvalue weighted by Crippen LogP contribution is 2.25. The van der Waals surface area contributed by atoms with Gasteiger partial charge in [-0.1, -0.05) is 23.7 Å². The van der Waals surface area contributed by atoms with Gasteiger partial charge in [0.25, 0.3) is 0 Å². The molecule has 1 amide bonds. The fourth-order valence-corrected chi connectivity index (χ4v) is 1.91. The molecule has 0 radical (unpaired) electrons. The Morgan fingerprint density at radius 3 is 2.73 bits per heavy atom. The maximum absolute atomic E-state index is 11.7. The van der Waals surface area contributed by atoms with Crippen molar-refractivity contribution < 1.29 is 14.6 Å². The van der Waals surface area contributed by atoms with E-state index in [0.717, 1.165) is 5.56 Å². The summed E-state index contributed by atoms with van der Waals surface area (Å²) in [6, 6.07) is 11.8. The Morgan fingerprint density at radius 1 is 1.32 bits per heavy atom. The summed E-state index contributed by atoms with van der Waals surface area (Å²) in [5.74, 6) is 0.159. The number of hydrogen-bond donors (Lipinski definition) is 2.